The number of carbonyl (C=O) groups is 1. The van der Waals surface area contributed by atoms with Crippen molar-refractivity contribution in [2.45, 2.75) is 20.3 Å². The van der Waals surface area contributed by atoms with E-state index in [0.29, 0.717) is 12.2 Å². The Labute approximate surface area is 71.8 Å². The first kappa shape index (κ1) is 11.0. The first-order valence-electron chi connectivity index (χ1n) is 3.68. The number of carboxylic acid groups (broad SMARTS) is 1. The lowest BCUT2D eigenvalue weighted by Gasteiger charge is -2.08. The van der Waals surface area contributed by atoms with Crippen molar-refractivity contribution in [3.8, 4) is 0 Å². The number of hydrogen-bond donors (Lipinski definition) is 1. The highest BCUT2D eigenvalue weighted by atomic mass is 16.7. The van der Waals surface area contributed by atoms with E-state index >= 15 is 0 Å². The van der Waals surface area contributed by atoms with Crippen molar-refractivity contribution in [2.75, 3.05) is 13.9 Å². The first-order valence-corrected chi connectivity index (χ1v) is 3.68. The standard InChI is InChI=1S/C8H14O4/c1-4-7(12-5-11-3)6(2)8(9)10/h4-5H2,1-3H3,(H,9,10)/b7-6+. The van der Waals surface area contributed by atoms with Crippen molar-refractivity contribution in [3.05, 3.63) is 11.3 Å². The molecule has 12 heavy (non-hydrogen) atoms. The first-order chi connectivity index (χ1) is 5.63. The normalized spacial score (nSPS) is 12.2. The van der Waals surface area contributed by atoms with Crippen LogP contribution in [0.5, 0.6) is 0 Å². The fourth-order valence-electron chi connectivity index (χ4n) is 0.725. The maximum Gasteiger partial charge on any atom is 0.334 e. The Kier molecular flexibility index (Phi) is 5.12. The monoisotopic (exact) mass is 174 g/mol. The summed E-state index contributed by atoms with van der Waals surface area (Å²) in [6.07, 6.45) is 0.557. The molecule has 0 radical (unpaired) electrons. The van der Waals surface area contributed by atoms with Gasteiger partial charge in [-0.1, -0.05) is 6.92 Å². The molecule has 0 atom stereocenters. The van der Waals surface area contributed by atoms with Gasteiger partial charge in [0, 0.05) is 13.5 Å². The molecule has 0 saturated heterocycles. The van der Waals surface area contributed by atoms with Crippen molar-refractivity contribution in [1.82, 2.24) is 0 Å². The third-order valence-corrected chi connectivity index (χ3v) is 1.41. The zero-order valence-electron chi connectivity index (χ0n) is 7.59. The second-order valence-corrected chi connectivity index (χ2v) is 2.26. The van der Waals surface area contributed by atoms with E-state index in [1.807, 2.05) is 6.92 Å². The number of carboxylic acids is 1. The van der Waals surface area contributed by atoms with Gasteiger partial charge in [0.25, 0.3) is 0 Å². The number of rotatable bonds is 5. The van der Waals surface area contributed by atoms with Crippen LogP contribution in [0.15, 0.2) is 11.3 Å². The van der Waals surface area contributed by atoms with Gasteiger partial charge in [0.1, 0.15) is 5.76 Å². The molecule has 0 aliphatic carbocycles. The Balaban J connectivity index is 4.28. The van der Waals surface area contributed by atoms with Crippen LogP contribution < -0.4 is 0 Å². The van der Waals surface area contributed by atoms with Crippen LogP contribution >= 0.6 is 0 Å². The van der Waals surface area contributed by atoms with Gasteiger partial charge in [-0.15, -0.1) is 0 Å². The summed E-state index contributed by atoms with van der Waals surface area (Å²) >= 11 is 0. The molecule has 0 aliphatic heterocycles. The molecule has 0 amide bonds. The topological polar surface area (TPSA) is 55.8 Å². The number of allylic oxidation sites excluding steroid dienone is 1. The van der Waals surface area contributed by atoms with Gasteiger partial charge in [0.05, 0.1) is 5.57 Å². The van der Waals surface area contributed by atoms with Crippen LogP contribution in [0.3, 0.4) is 0 Å². The minimum Gasteiger partial charge on any atom is -0.478 e. The minimum atomic E-state index is -0.956. The molecule has 0 rings (SSSR count). The molecule has 0 aromatic carbocycles. The van der Waals surface area contributed by atoms with Crippen molar-refractivity contribution >= 4 is 5.97 Å². The van der Waals surface area contributed by atoms with Gasteiger partial charge in [0.15, 0.2) is 6.79 Å². The molecule has 0 bridgehead atoms. The van der Waals surface area contributed by atoms with Crippen LogP contribution in [0.2, 0.25) is 0 Å². The van der Waals surface area contributed by atoms with E-state index in [1.54, 1.807) is 0 Å². The summed E-state index contributed by atoms with van der Waals surface area (Å²) in [4.78, 5) is 10.5. The zero-order valence-corrected chi connectivity index (χ0v) is 7.59. The van der Waals surface area contributed by atoms with E-state index in [4.69, 9.17) is 9.84 Å². The summed E-state index contributed by atoms with van der Waals surface area (Å²) in [5.41, 5.74) is 0.231. The van der Waals surface area contributed by atoms with Gasteiger partial charge in [0.2, 0.25) is 0 Å². The number of ether oxygens (including phenoxy) is 2. The van der Waals surface area contributed by atoms with E-state index in [1.165, 1.54) is 14.0 Å². The lowest BCUT2D eigenvalue weighted by molar-refractivity contribution is -0.133. The van der Waals surface area contributed by atoms with Crippen molar-refractivity contribution in [1.29, 1.82) is 0 Å². The molecule has 0 aliphatic rings. The number of methoxy groups -OCH3 is 1. The Morgan fingerprint density at radius 2 is 2.08 bits per heavy atom. The second kappa shape index (κ2) is 5.60. The van der Waals surface area contributed by atoms with E-state index in [0.717, 1.165) is 0 Å². The van der Waals surface area contributed by atoms with Crippen molar-refractivity contribution < 1.29 is 19.4 Å². The quantitative estimate of drug-likeness (QED) is 0.388. The summed E-state index contributed by atoms with van der Waals surface area (Å²) in [5, 5.41) is 8.60. The molecule has 0 unspecified atom stereocenters. The summed E-state index contributed by atoms with van der Waals surface area (Å²) in [7, 11) is 1.49. The minimum absolute atomic E-state index is 0.0911. The molecule has 0 fully saturated rings. The highest BCUT2D eigenvalue weighted by Gasteiger charge is 2.08. The highest BCUT2D eigenvalue weighted by molar-refractivity contribution is 5.86. The average Bonchev–Trinajstić information content (AvgIpc) is 2.05. The van der Waals surface area contributed by atoms with Crippen LogP contribution in [0.25, 0.3) is 0 Å². The molecule has 4 heteroatoms. The molecular formula is C8H14O4. The summed E-state index contributed by atoms with van der Waals surface area (Å²) in [6, 6.07) is 0. The highest BCUT2D eigenvalue weighted by Crippen LogP contribution is 2.09. The van der Waals surface area contributed by atoms with E-state index in [2.05, 4.69) is 4.74 Å². The summed E-state index contributed by atoms with van der Waals surface area (Å²) < 4.78 is 9.69. The molecule has 0 saturated carbocycles. The predicted molar refractivity (Wildman–Crippen MR) is 43.6 cm³/mol. The van der Waals surface area contributed by atoms with Crippen LogP contribution in [0, 0.1) is 0 Å². The van der Waals surface area contributed by atoms with E-state index < -0.39 is 5.97 Å². The Hall–Kier alpha value is -1.03. The maximum atomic E-state index is 10.5. The second-order valence-electron chi connectivity index (χ2n) is 2.26. The van der Waals surface area contributed by atoms with Gasteiger partial charge in [-0.2, -0.15) is 0 Å². The Bertz CT molecular complexity index is 183. The summed E-state index contributed by atoms with van der Waals surface area (Å²) in [6.45, 7) is 3.43. The summed E-state index contributed by atoms with van der Waals surface area (Å²) in [5.74, 6) is -0.493. The third-order valence-electron chi connectivity index (χ3n) is 1.41. The Morgan fingerprint density at radius 3 is 2.42 bits per heavy atom. The van der Waals surface area contributed by atoms with Gasteiger partial charge < -0.3 is 14.6 Å². The van der Waals surface area contributed by atoms with Crippen LogP contribution in [0.4, 0.5) is 0 Å². The SMILES string of the molecule is CC/C(OCOC)=C(/C)C(=O)O. The largest absolute Gasteiger partial charge is 0.478 e. The molecule has 70 valence electrons. The van der Waals surface area contributed by atoms with Crippen LogP contribution in [0.1, 0.15) is 20.3 Å². The van der Waals surface area contributed by atoms with Crippen molar-refractivity contribution in [3.63, 3.8) is 0 Å². The lowest BCUT2D eigenvalue weighted by atomic mass is 10.2. The third kappa shape index (κ3) is 3.39. The van der Waals surface area contributed by atoms with Gasteiger partial charge in [-0.25, -0.2) is 4.79 Å². The maximum absolute atomic E-state index is 10.5. The van der Waals surface area contributed by atoms with E-state index in [9.17, 15) is 4.79 Å². The number of hydrogen-bond acceptors (Lipinski definition) is 3. The predicted octanol–water partition coefficient (Wildman–Crippen LogP) is 1.38. The average molecular weight is 174 g/mol. The molecule has 0 aromatic heterocycles. The molecular weight excluding hydrogens is 160 g/mol. The molecule has 4 nitrogen and oxygen atoms in total. The van der Waals surface area contributed by atoms with Gasteiger partial charge >= 0.3 is 5.97 Å². The molecule has 0 heterocycles. The molecule has 1 N–H and O–H groups in total. The fraction of sp³-hybridized carbons (Fsp3) is 0.625. The smallest absolute Gasteiger partial charge is 0.334 e. The Morgan fingerprint density at radius 1 is 1.50 bits per heavy atom. The lowest BCUT2D eigenvalue weighted by Crippen LogP contribution is -2.05. The van der Waals surface area contributed by atoms with E-state index in [-0.39, 0.29) is 12.4 Å². The molecule has 0 aromatic rings. The van der Waals surface area contributed by atoms with Crippen LogP contribution in [-0.2, 0) is 14.3 Å². The van der Waals surface area contributed by atoms with Crippen LogP contribution in [-0.4, -0.2) is 25.0 Å². The van der Waals surface area contributed by atoms with Gasteiger partial charge in [-0.05, 0) is 6.92 Å². The fourth-order valence-corrected chi connectivity index (χ4v) is 0.725. The zero-order chi connectivity index (χ0) is 9.56. The van der Waals surface area contributed by atoms with Crippen molar-refractivity contribution in [2.24, 2.45) is 0 Å². The number of aliphatic carboxylic acids is 1. The molecule has 0 spiro atoms. The van der Waals surface area contributed by atoms with Gasteiger partial charge in [-0.3, -0.25) is 0 Å².